The Morgan fingerprint density at radius 3 is 2.39 bits per heavy atom. The van der Waals surface area contributed by atoms with Crippen LogP contribution in [0.4, 0.5) is 10.1 Å². The van der Waals surface area contributed by atoms with Gasteiger partial charge in [0.15, 0.2) is 11.6 Å². The number of methoxy groups -OCH3 is 1. The first-order valence-electron chi connectivity index (χ1n) is 8.66. The lowest BCUT2D eigenvalue weighted by Crippen LogP contribution is -2.41. The Morgan fingerprint density at radius 1 is 1.25 bits per heavy atom. The zero-order chi connectivity index (χ0) is 20.9. The van der Waals surface area contributed by atoms with Crippen LogP contribution in [0.25, 0.3) is 0 Å². The third kappa shape index (κ3) is 5.51. The van der Waals surface area contributed by atoms with Crippen LogP contribution in [0.5, 0.6) is 5.75 Å². The second-order valence-corrected chi connectivity index (χ2v) is 7.83. The minimum atomic E-state index is -3.79. The maximum atomic E-state index is 13.9. The van der Waals surface area contributed by atoms with Gasteiger partial charge in [0.2, 0.25) is 15.9 Å². The standard InChI is InChI=1S/C19H24FN3O4S/c1-4-23(12-14-5-10-18(27-3)17(20)11-14)13(2)19(24)22-15-6-8-16(9-7-15)28(21,25)26/h5-11,13H,4,12H2,1-3H3,(H,22,24)(H2,21,25,26)/t13-/m0/s1. The van der Waals surface area contributed by atoms with Crippen LogP contribution in [0, 0.1) is 5.82 Å². The molecule has 152 valence electrons. The SMILES string of the molecule is CCN(Cc1ccc(OC)c(F)c1)[C@@H](C)C(=O)Nc1ccc(S(N)(=O)=O)cc1. The molecular formula is C19H24FN3O4S. The van der Waals surface area contributed by atoms with Crippen LogP contribution in [0.2, 0.25) is 0 Å². The Labute approximate surface area is 164 Å². The first kappa shape index (κ1) is 21.8. The van der Waals surface area contributed by atoms with Crippen molar-refractivity contribution in [1.82, 2.24) is 4.90 Å². The van der Waals surface area contributed by atoms with Gasteiger partial charge in [-0.1, -0.05) is 13.0 Å². The van der Waals surface area contributed by atoms with Gasteiger partial charge in [-0.05, 0) is 55.4 Å². The van der Waals surface area contributed by atoms with Gasteiger partial charge >= 0.3 is 0 Å². The topological polar surface area (TPSA) is 102 Å². The molecule has 28 heavy (non-hydrogen) atoms. The fraction of sp³-hybridized carbons (Fsp3) is 0.316. The molecule has 2 aromatic carbocycles. The normalized spacial score (nSPS) is 12.6. The van der Waals surface area contributed by atoms with E-state index in [2.05, 4.69) is 5.32 Å². The highest BCUT2D eigenvalue weighted by atomic mass is 32.2. The number of likely N-dealkylation sites (N-methyl/N-ethyl adjacent to an activating group) is 1. The van der Waals surface area contributed by atoms with Crippen molar-refractivity contribution in [3.8, 4) is 5.75 Å². The van der Waals surface area contributed by atoms with Crippen LogP contribution in [-0.2, 0) is 21.4 Å². The Bertz CT molecular complexity index is 933. The summed E-state index contributed by atoms with van der Waals surface area (Å²) in [6, 6.07) is 9.79. The molecule has 0 aromatic heterocycles. The number of carbonyl (C=O) groups is 1. The molecule has 1 amide bonds. The Hall–Kier alpha value is -2.49. The van der Waals surface area contributed by atoms with Crippen LogP contribution in [0.3, 0.4) is 0 Å². The Morgan fingerprint density at radius 2 is 1.89 bits per heavy atom. The molecule has 0 radical (unpaired) electrons. The van der Waals surface area contributed by atoms with E-state index in [1.54, 1.807) is 19.1 Å². The van der Waals surface area contributed by atoms with Gasteiger partial charge in [0, 0.05) is 12.2 Å². The van der Waals surface area contributed by atoms with E-state index in [4.69, 9.17) is 9.88 Å². The van der Waals surface area contributed by atoms with Crippen molar-refractivity contribution in [2.24, 2.45) is 5.14 Å². The predicted octanol–water partition coefficient (Wildman–Crippen LogP) is 2.33. The Balaban J connectivity index is 2.06. The number of nitrogens with zero attached hydrogens (tertiary/aromatic N) is 1. The van der Waals surface area contributed by atoms with E-state index in [1.165, 1.54) is 37.4 Å². The van der Waals surface area contributed by atoms with Gasteiger partial charge in [-0.3, -0.25) is 9.69 Å². The molecule has 0 spiro atoms. The number of amides is 1. The number of ether oxygens (including phenoxy) is 1. The third-order valence-corrected chi connectivity index (χ3v) is 5.31. The molecule has 0 bridgehead atoms. The lowest BCUT2D eigenvalue weighted by molar-refractivity contribution is -0.120. The van der Waals surface area contributed by atoms with Crippen molar-refractivity contribution in [1.29, 1.82) is 0 Å². The molecule has 7 nitrogen and oxygen atoms in total. The Kier molecular flexibility index (Phi) is 7.11. The lowest BCUT2D eigenvalue weighted by atomic mass is 10.1. The summed E-state index contributed by atoms with van der Waals surface area (Å²) in [6.07, 6.45) is 0. The van der Waals surface area contributed by atoms with Crippen LogP contribution in [-0.4, -0.2) is 38.9 Å². The zero-order valence-corrected chi connectivity index (χ0v) is 16.8. The van der Waals surface area contributed by atoms with Crippen molar-refractivity contribution in [2.45, 2.75) is 31.3 Å². The number of carbonyl (C=O) groups excluding carboxylic acids is 1. The number of anilines is 1. The number of hydrogen-bond donors (Lipinski definition) is 2. The second kappa shape index (κ2) is 9.13. The maximum absolute atomic E-state index is 13.9. The summed E-state index contributed by atoms with van der Waals surface area (Å²) >= 11 is 0. The first-order valence-corrected chi connectivity index (χ1v) is 10.2. The summed E-state index contributed by atoms with van der Waals surface area (Å²) in [5.41, 5.74) is 1.17. The van der Waals surface area contributed by atoms with Gasteiger partial charge in [-0.15, -0.1) is 0 Å². The average Bonchev–Trinajstić information content (AvgIpc) is 2.65. The summed E-state index contributed by atoms with van der Waals surface area (Å²) in [7, 11) is -2.38. The number of nitrogens with two attached hydrogens (primary N) is 1. The molecule has 2 rings (SSSR count). The second-order valence-electron chi connectivity index (χ2n) is 6.27. The summed E-state index contributed by atoms with van der Waals surface area (Å²) in [5, 5.41) is 7.80. The van der Waals surface area contributed by atoms with E-state index in [1.807, 2.05) is 11.8 Å². The molecule has 2 aromatic rings. The van der Waals surface area contributed by atoms with Gasteiger partial charge in [-0.2, -0.15) is 0 Å². The van der Waals surface area contributed by atoms with Crippen molar-refractivity contribution < 1.29 is 22.3 Å². The number of sulfonamides is 1. The molecule has 0 unspecified atom stereocenters. The molecule has 0 aliphatic heterocycles. The van der Waals surface area contributed by atoms with Gasteiger partial charge < -0.3 is 10.1 Å². The quantitative estimate of drug-likeness (QED) is 0.697. The smallest absolute Gasteiger partial charge is 0.241 e. The van der Waals surface area contributed by atoms with E-state index in [9.17, 15) is 17.6 Å². The number of primary sulfonamides is 1. The highest BCUT2D eigenvalue weighted by Crippen LogP contribution is 2.20. The van der Waals surface area contributed by atoms with Crippen molar-refractivity contribution in [3.63, 3.8) is 0 Å². The molecular weight excluding hydrogens is 385 g/mol. The zero-order valence-electron chi connectivity index (χ0n) is 16.0. The molecule has 9 heteroatoms. The monoisotopic (exact) mass is 409 g/mol. The summed E-state index contributed by atoms with van der Waals surface area (Å²) in [5.74, 6) is -0.553. The number of benzene rings is 2. The molecule has 3 N–H and O–H groups in total. The average molecular weight is 409 g/mol. The van der Waals surface area contributed by atoms with E-state index in [0.717, 1.165) is 5.56 Å². The lowest BCUT2D eigenvalue weighted by Gasteiger charge is -2.27. The summed E-state index contributed by atoms with van der Waals surface area (Å²) < 4.78 is 41.4. The summed E-state index contributed by atoms with van der Waals surface area (Å²) in [4.78, 5) is 14.4. The minimum Gasteiger partial charge on any atom is -0.494 e. The van der Waals surface area contributed by atoms with Gasteiger partial charge in [-0.25, -0.2) is 17.9 Å². The van der Waals surface area contributed by atoms with Crippen molar-refractivity contribution in [2.75, 3.05) is 19.0 Å². The van der Waals surface area contributed by atoms with Crippen molar-refractivity contribution in [3.05, 3.63) is 53.8 Å². The molecule has 0 aliphatic carbocycles. The molecule has 0 saturated heterocycles. The molecule has 0 fully saturated rings. The summed E-state index contributed by atoms with van der Waals surface area (Å²) in [6.45, 7) is 4.62. The number of hydrogen-bond acceptors (Lipinski definition) is 5. The number of rotatable bonds is 8. The van der Waals surface area contributed by atoms with E-state index < -0.39 is 21.9 Å². The number of nitrogens with one attached hydrogen (secondary N) is 1. The van der Waals surface area contributed by atoms with Gasteiger partial charge in [0.25, 0.3) is 0 Å². The number of halogens is 1. The molecule has 0 saturated carbocycles. The van der Waals surface area contributed by atoms with Crippen LogP contribution in [0.15, 0.2) is 47.4 Å². The van der Waals surface area contributed by atoms with Crippen LogP contribution < -0.4 is 15.2 Å². The van der Waals surface area contributed by atoms with Gasteiger partial charge in [0.1, 0.15) is 0 Å². The van der Waals surface area contributed by atoms with Gasteiger partial charge in [0.05, 0.1) is 18.0 Å². The highest BCUT2D eigenvalue weighted by Gasteiger charge is 2.21. The largest absolute Gasteiger partial charge is 0.494 e. The van der Waals surface area contributed by atoms with Crippen LogP contribution in [0.1, 0.15) is 19.4 Å². The fourth-order valence-corrected chi connectivity index (χ4v) is 3.22. The van der Waals surface area contributed by atoms with Crippen LogP contribution >= 0.6 is 0 Å². The highest BCUT2D eigenvalue weighted by molar-refractivity contribution is 7.89. The maximum Gasteiger partial charge on any atom is 0.241 e. The fourth-order valence-electron chi connectivity index (χ4n) is 2.71. The molecule has 1 atom stereocenters. The molecule has 0 heterocycles. The minimum absolute atomic E-state index is 0.0322. The van der Waals surface area contributed by atoms with E-state index in [0.29, 0.717) is 18.8 Å². The predicted molar refractivity (Wildman–Crippen MR) is 105 cm³/mol. The first-order chi connectivity index (χ1) is 13.2. The van der Waals surface area contributed by atoms with E-state index in [-0.39, 0.29) is 16.6 Å². The van der Waals surface area contributed by atoms with Crippen molar-refractivity contribution >= 4 is 21.6 Å². The molecule has 0 aliphatic rings. The third-order valence-electron chi connectivity index (χ3n) is 4.39. The van der Waals surface area contributed by atoms with E-state index >= 15 is 0 Å².